The van der Waals surface area contributed by atoms with Gasteiger partial charge in [-0.2, -0.15) is 4.68 Å². The molecule has 3 rings (SSSR count). The van der Waals surface area contributed by atoms with E-state index >= 15 is 0 Å². The number of benzene rings is 1. The lowest BCUT2D eigenvalue weighted by molar-refractivity contribution is -0.389. The Kier molecular flexibility index (Phi) is 5.02. The van der Waals surface area contributed by atoms with Crippen molar-refractivity contribution in [3.8, 4) is 0 Å². The van der Waals surface area contributed by atoms with E-state index in [2.05, 4.69) is 15.6 Å². The van der Waals surface area contributed by atoms with Crippen LogP contribution in [0.15, 0.2) is 34.9 Å². The SMILES string of the molecule is CCc1ccccc1NC(=O)c1noc(C)c1Cn1nc([N+](=O)[O-])cc1C. The maximum atomic E-state index is 12.7. The van der Waals surface area contributed by atoms with Gasteiger partial charge in [-0.1, -0.05) is 30.3 Å². The van der Waals surface area contributed by atoms with Crippen LogP contribution >= 0.6 is 0 Å². The van der Waals surface area contributed by atoms with Gasteiger partial charge in [0, 0.05) is 5.69 Å². The third-order valence-corrected chi connectivity index (χ3v) is 4.31. The van der Waals surface area contributed by atoms with E-state index < -0.39 is 10.8 Å². The van der Waals surface area contributed by atoms with Crippen LogP contribution in [0.5, 0.6) is 0 Å². The van der Waals surface area contributed by atoms with E-state index in [0.717, 1.165) is 12.0 Å². The topological polar surface area (TPSA) is 116 Å². The predicted octanol–water partition coefficient (Wildman–Crippen LogP) is 3.26. The molecule has 0 fully saturated rings. The van der Waals surface area contributed by atoms with E-state index in [1.165, 1.54) is 10.7 Å². The summed E-state index contributed by atoms with van der Waals surface area (Å²) in [6.07, 6.45) is 0.775. The lowest BCUT2D eigenvalue weighted by atomic mass is 10.1. The maximum Gasteiger partial charge on any atom is 0.390 e. The van der Waals surface area contributed by atoms with Crippen LogP contribution in [0.1, 0.15) is 40.0 Å². The van der Waals surface area contributed by atoms with Gasteiger partial charge >= 0.3 is 5.82 Å². The average molecular weight is 369 g/mol. The molecular formula is C18H19N5O4. The molecule has 2 aromatic heterocycles. The van der Waals surface area contributed by atoms with E-state index in [4.69, 9.17) is 4.52 Å². The third kappa shape index (κ3) is 3.71. The normalized spacial score (nSPS) is 10.8. The van der Waals surface area contributed by atoms with Crippen molar-refractivity contribution in [3.05, 3.63) is 68.7 Å². The molecule has 0 aliphatic rings. The smallest absolute Gasteiger partial charge is 0.361 e. The van der Waals surface area contributed by atoms with Crippen LogP contribution in [0.4, 0.5) is 11.5 Å². The van der Waals surface area contributed by atoms with Crippen LogP contribution in [0.3, 0.4) is 0 Å². The summed E-state index contributed by atoms with van der Waals surface area (Å²) in [6.45, 7) is 5.55. The Balaban J connectivity index is 1.88. The van der Waals surface area contributed by atoms with E-state index in [1.54, 1.807) is 13.8 Å². The summed E-state index contributed by atoms with van der Waals surface area (Å²) in [5.74, 6) is -0.187. The molecule has 0 aliphatic carbocycles. The zero-order valence-corrected chi connectivity index (χ0v) is 15.2. The van der Waals surface area contributed by atoms with Gasteiger partial charge in [0.05, 0.1) is 29.0 Å². The number of carbonyl (C=O) groups excluding carboxylic acids is 1. The minimum atomic E-state index is -0.556. The van der Waals surface area contributed by atoms with Gasteiger partial charge in [-0.05, 0) is 36.8 Å². The van der Waals surface area contributed by atoms with Crippen molar-refractivity contribution in [2.24, 2.45) is 0 Å². The van der Waals surface area contributed by atoms with Gasteiger partial charge in [-0.3, -0.25) is 4.79 Å². The number of aryl methyl sites for hydroxylation is 3. The Hall–Kier alpha value is -3.49. The molecule has 0 spiro atoms. The summed E-state index contributed by atoms with van der Waals surface area (Å²) >= 11 is 0. The molecule has 1 aromatic carbocycles. The van der Waals surface area contributed by atoms with Gasteiger partial charge < -0.3 is 20.0 Å². The monoisotopic (exact) mass is 369 g/mol. The summed E-state index contributed by atoms with van der Waals surface area (Å²) in [5, 5.41) is 21.6. The molecule has 1 amide bonds. The molecule has 27 heavy (non-hydrogen) atoms. The molecule has 0 unspecified atom stereocenters. The highest BCUT2D eigenvalue weighted by Crippen LogP contribution is 2.21. The van der Waals surface area contributed by atoms with Crippen LogP contribution in [0.25, 0.3) is 0 Å². The summed E-state index contributed by atoms with van der Waals surface area (Å²) < 4.78 is 6.64. The van der Waals surface area contributed by atoms with Crippen molar-refractivity contribution in [2.75, 3.05) is 5.32 Å². The van der Waals surface area contributed by atoms with Gasteiger partial charge in [-0.25, -0.2) is 0 Å². The number of aromatic nitrogens is 3. The zero-order valence-electron chi connectivity index (χ0n) is 15.2. The number of carbonyl (C=O) groups is 1. The quantitative estimate of drug-likeness (QED) is 0.526. The number of hydrogen-bond acceptors (Lipinski definition) is 6. The number of amides is 1. The van der Waals surface area contributed by atoms with Gasteiger partial charge in [0.1, 0.15) is 5.76 Å². The number of hydrogen-bond donors (Lipinski definition) is 1. The van der Waals surface area contributed by atoms with Gasteiger partial charge in [0.15, 0.2) is 5.69 Å². The Morgan fingerprint density at radius 3 is 2.74 bits per heavy atom. The average Bonchev–Trinajstić information content (AvgIpc) is 3.19. The molecule has 140 valence electrons. The highest BCUT2D eigenvalue weighted by molar-refractivity contribution is 6.04. The molecule has 3 aromatic rings. The number of nitro groups is 1. The third-order valence-electron chi connectivity index (χ3n) is 4.31. The van der Waals surface area contributed by atoms with Crippen LogP contribution in [-0.4, -0.2) is 25.8 Å². The van der Waals surface area contributed by atoms with Crippen LogP contribution in [-0.2, 0) is 13.0 Å². The summed E-state index contributed by atoms with van der Waals surface area (Å²) in [6, 6.07) is 8.89. The van der Waals surface area contributed by atoms with Crippen molar-refractivity contribution < 1.29 is 14.2 Å². The second-order valence-electron chi connectivity index (χ2n) is 6.09. The number of nitrogens with zero attached hydrogens (tertiary/aromatic N) is 4. The Morgan fingerprint density at radius 1 is 1.33 bits per heavy atom. The lowest BCUT2D eigenvalue weighted by Crippen LogP contribution is -2.17. The van der Waals surface area contributed by atoms with E-state index in [0.29, 0.717) is 22.7 Å². The molecule has 0 saturated carbocycles. The number of nitrogens with one attached hydrogen (secondary N) is 1. The number of rotatable bonds is 6. The molecule has 0 saturated heterocycles. The molecule has 9 nitrogen and oxygen atoms in total. The second-order valence-corrected chi connectivity index (χ2v) is 6.09. The van der Waals surface area contributed by atoms with Crippen molar-refractivity contribution in [1.29, 1.82) is 0 Å². The minimum absolute atomic E-state index is 0.135. The molecule has 0 bridgehead atoms. The minimum Gasteiger partial charge on any atom is -0.361 e. The first-order valence-electron chi connectivity index (χ1n) is 8.44. The Bertz CT molecular complexity index is 1010. The fraction of sp³-hybridized carbons (Fsp3) is 0.278. The van der Waals surface area contributed by atoms with Crippen LogP contribution < -0.4 is 5.32 Å². The first-order valence-corrected chi connectivity index (χ1v) is 8.44. The summed E-state index contributed by atoms with van der Waals surface area (Å²) in [7, 11) is 0. The summed E-state index contributed by atoms with van der Waals surface area (Å²) in [4.78, 5) is 23.1. The number of para-hydroxylation sites is 1. The van der Waals surface area contributed by atoms with Gasteiger partial charge in [0.25, 0.3) is 5.91 Å². The van der Waals surface area contributed by atoms with Crippen molar-refractivity contribution in [3.63, 3.8) is 0 Å². The molecule has 0 radical (unpaired) electrons. The first kappa shape index (κ1) is 18.3. The number of anilines is 1. The zero-order chi connectivity index (χ0) is 19.6. The van der Waals surface area contributed by atoms with E-state index in [1.807, 2.05) is 31.2 Å². The highest BCUT2D eigenvalue weighted by Gasteiger charge is 2.24. The van der Waals surface area contributed by atoms with E-state index in [-0.39, 0.29) is 18.1 Å². The largest absolute Gasteiger partial charge is 0.390 e. The molecule has 9 heteroatoms. The molecule has 0 aliphatic heterocycles. The van der Waals surface area contributed by atoms with Gasteiger partial charge in [-0.15, -0.1) is 0 Å². The Morgan fingerprint density at radius 2 is 2.07 bits per heavy atom. The molecule has 2 heterocycles. The molecular weight excluding hydrogens is 350 g/mol. The highest BCUT2D eigenvalue weighted by atomic mass is 16.6. The first-order chi connectivity index (χ1) is 12.9. The fourth-order valence-corrected chi connectivity index (χ4v) is 2.78. The molecule has 1 N–H and O–H groups in total. The van der Waals surface area contributed by atoms with Crippen LogP contribution in [0, 0.1) is 24.0 Å². The molecule has 0 atom stereocenters. The Labute approximate surface area is 155 Å². The summed E-state index contributed by atoms with van der Waals surface area (Å²) in [5.41, 5.74) is 2.98. The van der Waals surface area contributed by atoms with Crippen LogP contribution in [0.2, 0.25) is 0 Å². The van der Waals surface area contributed by atoms with Crippen molar-refractivity contribution in [1.82, 2.24) is 14.9 Å². The fourth-order valence-electron chi connectivity index (χ4n) is 2.78. The predicted molar refractivity (Wildman–Crippen MR) is 97.7 cm³/mol. The standard InChI is InChI=1S/C18H19N5O4/c1-4-13-7-5-6-8-15(13)19-18(24)17-14(12(3)27-21-17)10-22-11(2)9-16(20-22)23(25)26/h5-9H,4,10H2,1-3H3,(H,19,24). The second kappa shape index (κ2) is 7.40. The van der Waals surface area contributed by atoms with E-state index in [9.17, 15) is 14.9 Å². The maximum absolute atomic E-state index is 12.7. The van der Waals surface area contributed by atoms with Crippen molar-refractivity contribution in [2.45, 2.75) is 33.7 Å². The van der Waals surface area contributed by atoms with Crippen molar-refractivity contribution >= 4 is 17.4 Å². The lowest BCUT2D eigenvalue weighted by Gasteiger charge is -2.09. The van der Waals surface area contributed by atoms with Gasteiger partial charge in [0.2, 0.25) is 0 Å².